The van der Waals surface area contributed by atoms with E-state index >= 15 is 0 Å². The number of carboxylic acid groups (broad SMARTS) is 1. The van der Waals surface area contributed by atoms with E-state index in [0.717, 1.165) is 18.2 Å². The molecular weight excluding hydrogens is 258 g/mol. The molecule has 1 rings (SSSR count). The van der Waals surface area contributed by atoms with Crippen molar-refractivity contribution in [3.8, 4) is 0 Å². The average Bonchev–Trinajstić information content (AvgIpc) is 2.31. The van der Waals surface area contributed by atoms with E-state index in [0.29, 0.717) is 0 Å². The molecule has 0 fully saturated rings. The fourth-order valence-corrected chi connectivity index (χ4v) is 1.22. The standard InChI is InChI=1S/C12H12F2N2O3/c1-7-5-9(14)10(6-8(7)13)16-12(19)15-4-2-3-11(17)18/h2-3,5-6H,4H2,1H3,(H,17,18)(H2,15,16,19)/b3-2+. The number of urea groups is 1. The number of anilines is 1. The van der Waals surface area contributed by atoms with Crippen LogP contribution in [0, 0.1) is 18.6 Å². The molecule has 3 N–H and O–H groups in total. The van der Waals surface area contributed by atoms with Crippen molar-refractivity contribution in [3.05, 3.63) is 41.5 Å². The Morgan fingerprint density at radius 1 is 1.32 bits per heavy atom. The Kier molecular flexibility index (Phi) is 4.99. The zero-order chi connectivity index (χ0) is 14.4. The highest BCUT2D eigenvalue weighted by Crippen LogP contribution is 2.18. The molecule has 0 radical (unpaired) electrons. The molecule has 0 saturated heterocycles. The first kappa shape index (κ1) is 14.6. The summed E-state index contributed by atoms with van der Waals surface area (Å²) in [6.07, 6.45) is 2.06. The Morgan fingerprint density at radius 3 is 2.63 bits per heavy atom. The molecule has 0 aliphatic heterocycles. The van der Waals surface area contributed by atoms with E-state index in [9.17, 15) is 18.4 Å². The summed E-state index contributed by atoms with van der Waals surface area (Å²) in [5.74, 6) is -2.54. The predicted molar refractivity (Wildman–Crippen MR) is 64.9 cm³/mol. The maximum Gasteiger partial charge on any atom is 0.328 e. The van der Waals surface area contributed by atoms with Crippen LogP contribution in [0.2, 0.25) is 0 Å². The number of carbonyl (C=O) groups excluding carboxylic acids is 1. The Labute approximate surface area is 107 Å². The normalized spacial score (nSPS) is 10.5. The van der Waals surface area contributed by atoms with Crippen LogP contribution in [-0.4, -0.2) is 23.7 Å². The Bertz CT molecular complexity index is 530. The van der Waals surface area contributed by atoms with E-state index in [1.54, 1.807) is 0 Å². The van der Waals surface area contributed by atoms with Gasteiger partial charge in [-0.2, -0.15) is 0 Å². The highest BCUT2D eigenvalue weighted by Gasteiger charge is 2.09. The summed E-state index contributed by atoms with van der Waals surface area (Å²) in [4.78, 5) is 21.5. The SMILES string of the molecule is Cc1cc(F)c(NC(=O)NC/C=C/C(=O)O)cc1F. The zero-order valence-corrected chi connectivity index (χ0v) is 10.0. The number of benzene rings is 1. The van der Waals surface area contributed by atoms with E-state index in [1.165, 1.54) is 13.0 Å². The third kappa shape index (κ3) is 4.74. The number of aliphatic carboxylic acids is 1. The molecule has 1 aromatic rings. The molecule has 19 heavy (non-hydrogen) atoms. The first-order valence-electron chi connectivity index (χ1n) is 5.30. The summed E-state index contributed by atoms with van der Waals surface area (Å²) in [6.45, 7) is 1.35. The van der Waals surface area contributed by atoms with E-state index in [-0.39, 0.29) is 17.8 Å². The van der Waals surface area contributed by atoms with Crippen LogP contribution in [0.4, 0.5) is 19.3 Å². The van der Waals surface area contributed by atoms with E-state index in [1.807, 2.05) is 0 Å². The molecule has 0 heterocycles. The Balaban J connectivity index is 2.58. The third-order valence-corrected chi connectivity index (χ3v) is 2.14. The molecule has 0 aliphatic carbocycles. The lowest BCUT2D eigenvalue weighted by Gasteiger charge is -2.08. The van der Waals surface area contributed by atoms with Crippen LogP contribution in [0.25, 0.3) is 0 Å². The van der Waals surface area contributed by atoms with Crippen LogP contribution in [0.1, 0.15) is 5.56 Å². The lowest BCUT2D eigenvalue weighted by atomic mass is 10.2. The van der Waals surface area contributed by atoms with Gasteiger partial charge in [0.2, 0.25) is 0 Å². The van der Waals surface area contributed by atoms with Crippen molar-refractivity contribution in [2.24, 2.45) is 0 Å². The number of halogens is 2. The maximum atomic E-state index is 13.4. The number of amides is 2. The predicted octanol–water partition coefficient (Wildman–Crippen LogP) is 2.04. The van der Waals surface area contributed by atoms with Gasteiger partial charge >= 0.3 is 12.0 Å². The molecule has 102 valence electrons. The smallest absolute Gasteiger partial charge is 0.328 e. The van der Waals surface area contributed by atoms with Crippen LogP contribution in [0.5, 0.6) is 0 Å². The van der Waals surface area contributed by atoms with Gasteiger partial charge < -0.3 is 15.7 Å². The molecule has 0 aliphatic rings. The molecule has 0 unspecified atom stereocenters. The van der Waals surface area contributed by atoms with E-state index in [2.05, 4.69) is 10.6 Å². The minimum atomic E-state index is -1.14. The number of aryl methyl sites for hydroxylation is 1. The van der Waals surface area contributed by atoms with Crippen molar-refractivity contribution in [1.82, 2.24) is 5.32 Å². The second-order valence-corrected chi connectivity index (χ2v) is 3.66. The quantitative estimate of drug-likeness (QED) is 0.732. The van der Waals surface area contributed by atoms with Gasteiger partial charge in [0.05, 0.1) is 5.69 Å². The van der Waals surface area contributed by atoms with Gasteiger partial charge in [-0.1, -0.05) is 6.08 Å². The van der Waals surface area contributed by atoms with Crippen LogP contribution in [-0.2, 0) is 4.79 Å². The van der Waals surface area contributed by atoms with Crippen LogP contribution >= 0.6 is 0 Å². The molecule has 5 nitrogen and oxygen atoms in total. The second-order valence-electron chi connectivity index (χ2n) is 3.66. The molecule has 0 bridgehead atoms. The molecule has 0 aromatic heterocycles. The molecular formula is C12H12F2N2O3. The molecule has 1 aromatic carbocycles. The topological polar surface area (TPSA) is 78.4 Å². The van der Waals surface area contributed by atoms with Crippen molar-refractivity contribution in [2.75, 3.05) is 11.9 Å². The van der Waals surface area contributed by atoms with Gasteiger partial charge in [0.1, 0.15) is 11.6 Å². The summed E-state index contributed by atoms with van der Waals surface area (Å²) in [5, 5.41) is 12.7. The number of hydrogen-bond acceptors (Lipinski definition) is 2. The van der Waals surface area contributed by atoms with Crippen LogP contribution in [0.3, 0.4) is 0 Å². The van der Waals surface area contributed by atoms with Crippen molar-refractivity contribution in [3.63, 3.8) is 0 Å². The van der Waals surface area contributed by atoms with Gasteiger partial charge in [0.15, 0.2) is 0 Å². The first-order chi connectivity index (χ1) is 8.90. The number of nitrogens with one attached hydrogen (secondary N) is 2. The van der Waals surface area contributed by atoms with Crippen molar-refractivity contribution in [2.45, 2.75) is 6.92 Å². The average molecular weight is 270 g/mol. The molecule has 0 atom stereocenters. The van der Waals surface area contributed by atoms with Crippen LogP contribution in [0.15, 0.2) is 24.3 Å². The fourth-order valence-electron chi connectivity index (χ4n) is 1.22. The summed E-state index contributed by atoms with van der Waals surface area (Å²) in [5.41, 5.74) is -0.157. The van der Waals surface area contributed by atoms with Gasteiger partial charge in [-0.05, 0) is 18.6 Å². The second kappa shape index (κ2) is 6.48. The minimum absolute atomic E-state index is 0.0475. The molecule has 0 spiro atoms. The maximum absolute atomic E-state index is 13.4. The fraction of sp³-hybridized carbons (Fsp3) is 0.167. The van der Waals surface area contributed by atoms with Crippen molar-refractivity contribution < 1.29 is 23.5 Å². The Hall–Kier alpha value is -2.44. The summed E-state index contributed by atoms with van der Waals surface area (Å²) < 4.78 is 26.6. The largest absolute Gasteiger partial charge is 0.478 e. The monoisotopic (exact) mass is 270 g/mol. The van der Waals surface area contributed by atoms with Gasteiger partial charge in [-0.15, -0.1) is 0 Å². The highest BCUT2D eigenvalue weighted by atomic mass is 19.1. The number of carboxylic acids is 1. The first-order valence-corrected chi connectivity index (χ1v) is 5.30. The van der Waals surface area contributed by atoms with Gasteiger partial charge in [0.25, 0.3) is 0 Å². The molecule has 2 amide bonds. The molecule has 0 saturated carbocycles. The minimum Gasteiger partial charge on any atom is -0.478 e. The lowest BCUT2D eigenvalue weighted by molar-refractivity contribution is -0.131. The van der Waals surface area contributed by atoms with Crippen molar-refractivity contribution >= 4 is 17.7 Å². The lowest BCUT2D eigenvalue weighted by Crippen LogP contribution is -2.29. The summed E-state index contributed by atoms with van der Waals surface area (Å²) >= 11 is 0. The van der Waals surface area contributed by atoms with Gasteiger partial charge in [0, 0.05) is 18.7 Å². The highest BCUT2D eigenvalue weighted by molar-refractivity contribution is 5.89. The Morgan fingerprint density at radius 2 is 2.00 bits per heavy atom. The summed E-state index contributed by atoms with van der Waals surface area (Å²) in [6, 6.07) is 1.07. The molecule has 7 heteroatoms. The van der Waals surface area contributed by atoms with Crippen LogP contribution < -0.4 is 10.6 Å². The van der Waals surface area contributed by atoms with Gasteiger partial charge in [-0.25, -0.2) is 18.4 Å². The summed E-state index contributed by atoms with van der Waals surface area (Å²) in [7, 11) is 0. The number of carbonyl (C=O) groups is 2. The number of hydrogen-bond donors (Lipinski definition) is 3. The third-order valence-electron chi connectivity index (χ3n) is 2.14. The number of rotatable bonds is 4. The van der Waals surface area contributed by atoms with Crippen molar-refractivity contribution in [1.29, 1.82) is 0 Å². The zero-order valence-electron chi connectivity index (χ0n) is 10.0. The van der Waals surface area contributed by atoms with Gasteiger partial charge in [-0.3, -0.25) is 0 Å². The van der Waals surface area contributed by atoms with E-state index in [4.69, 9.17) is 5.11 Å². The van der Waals surface area contributed by atoms with E-state index < -0.39 is 23.6 Å².